The highest BCUT2D eigenvalue weighted by atomic mass is 32.1. The van der Waals surface area contributed by atoms with Gasteiger partial charge in [-0.1, -0.05) is 0 Å². The minimum absolute atomic E-state index is 0.143. The number of anilines is 1. The predicted octanol–water partition coefficient (Wildman–Crippen LogP) is 5.02. The normalized spacial score (nSPS) is 11.2. The average Bonchev–Trinajstić information content (AvgIpc) is 3.28. The Morgan fingerprint density at radius 1 is 1.24 bits per heavy atom. The molecule has 0 saturated carbocycles. The van der Waals surface area contributed by atoms with Gasteiger partial charge in [0.1, 0.15) is 11.4 Å². The molecule has 0 aliphatic rings. The van der Waals surface area contributed by atoms with E-state index in [1.807, 2.05) is 19.1 Å². The van der Waals surface area contributed by atoms with Crippen LogP contribution in [0.15, 0.2) is 34.7 Å². The number of hydrogen-bond acceptors (Lipinski definition) is 6. The Morgan fingerprint density at radius 3 is 2.84 bits per heavy atom. The van der Waals surface area contributed by atoms with E-state index < -0.39 is 5.91 Å². The van der Waals surface area contributed by atoms with E-state index in [0.717, 1.165) is 16.4 Å². The predicted molar refractivity (Wildman–Crippen MR) is 96.8 cm³/mol. The molecule has 0 aliphatic carbocycles. The Labute approximate surface area is 150 Å². The zero-order valence-electron chi connectivity index (χ0n) is 13.3. The van der Waals surface area contributed by atoms with Crippen molar-refractivity contribution in [3.63, 3.8) is 0 Å². The lowest BCUT2D eigenvalue weighted by Gasteiger charge is -1.98. The number of rotatable bonds is 3. The first-order valence-corrected chi connectivity index (χ1v) is 9.01. The van der Waals surface area contributed by atoms with Gasteiger partial charge in [0.05, 0.1) is 4.88 Å². The fraction of sp³-hybridized carbons (Fsp3) is 0.118. The van der Waals surface area contributed by atoms with Crippen molar-refractivity contribution in [1.29, 1.82) is 0 Å². The highest BCUT2D eigenvalue weighted by molar-refractivity contribution is 7.15. The third-order valence-electron chi connectivity index (χ3n) is 3.71. The van der Waals surface area contributed by atoms with Crippen molar-refractivity contribution in [3.8, 4) is 10.7 Å². The highest BCUT2D eigenvalue weighted by Gasteiger charge is 2.20. The molecule has 0 atom stereocenters. The lowest BCUT2D eigenvalue weighted by atomic mass is 10.1. The van der Waals surface area contributed by atoms with Crippen LogP contribution in [0, 0.1) is 19.7 Å². The van der Waals surface area contributed by atoms with Crippen LogP contribution in [0.4, 0.5) is 9.52 Å². The molecule has 126 valence electrons. The number of amides is 1. The van der Waals surface area contributed by atoms with Gasteiger partial charge in [-0.25, -0.2) is 4.39 Å². The van der Waals surface area contributed by atoms with Crippen LogP contribution < -0.4 is 5.32 Å². The molecule has 0 spiro atoms. The standard InChI is InChI=1S/C17H12FN3O2S2/c1-8-3-6-13(24-8)15-19-17(25-21-15)20-16(22)14-9(2)11-7-10(18)4-5-12(11)23-14/h3-7H,1-2H3,(H,19,20,21,22). The molecule has 4 aromatic rings. The molecule has 0 fully saturated rings. The summed E-state index contributed by atoms with van der Waals surface area (Å²) in [6.07, 6.45) is 0. The van der Waals surface area contributed by atoms with Crippen molar-refractivity contribution in [3.05, 3.63) is 52.3 Å². The second kappa shape index (κ2) is 6.05. The maximum Gasteiger partial charge on any atom is 0.293 e. The maximum absolute atomic E-state index is 13.4. The molecule has 8 heteroatoms. The third-order valence-corrected chi connectivity index (χ3v) is 5.34. The Balaban J connectivity index is 1.60. The smallest absolute Gasteiger partial charge is 0.293 e. The molecule has 1 N–H and O–H groups in total. The number of fused-ring (bicyclic) bond motifs is 1. The van der Waals surface area contributed by atoms with Gasteiger partial charge in [-0.2, -0.15) is 9.36 Å². The second-order valence-corrected chi connectivity index (χ2v) is 7.52. The van der Waals surface area contributed by atoms with Crippen LogP contribution in [0.1, 0.15) is 21.0 Å². The van der Waals surface area contributed by atoms with Gasteiger partial charge >= 0.3 is 0 Å². The van der Waals surface area contributed by atoms with Gasteiger partial charge in [0, 0.05) is 27.4 Å². The first kappa shape index (κ1) is 15.9. The quantitative estimate of drug-likeness (QED) is 0.547. The molecule has 5 nitrogen and oxygen atoms in total. The van der Waals surface area contributed by atoms with Crippen LogP contribution in [0.2, 0.25) is 0 Å². The zero-order chi connectivity index (χ0) is 17.6. The molecule has 0 aliphatic heterocycles. The van der Waals surface area contributed by atoms with E-state index in [4.69, 9.17) is 4.42 Å². The number of thiophene rings is 1. The molecule has 3 heterocycles. The molecule has 1 aromatic carbocycles. The van der Waals surface area contributed by atoms with Crippen LogP contribution in [0.5, 0.6) is 0 Å². The molecule has 0 saturated heterocycles. The SMILES string of the molecule is Cc1ccc(-c2nsc(NC(=O)c3oc4ccc(F)cc4c3C)n2)s1. The molecule has 0 unspecified atom stereocenters. The van der Waals surface area contributed by atoms with Gasteiger partial charge in [-0.05, 0) is 44.2 Å². The van der Waals surface area contributed by atoms with E-state index in [0.29, 0.717) is 27.5 Å². The number of halogens is 1. The zero-order valence-corrected chi connectivity index (χ0v) is 14.9. The average molecular weight is 373 g/mol. The first-order valence-electron chi connectivity index (χ1n) is 7.42. The molecule has 0 radical (unpaired) electrons. The van der Waals surface area contributed by atoms with E-state index >= 15 is 0 Å². The van der Waals surface area contributed by atoms with Crippen LogP contribution in [0.3, 0.4) is 0 Å². The molecular formula is C17H12FN3O2S2. The fourth-order valence-corrected chi connectivity index (χ4v) is 3.93. The van der Waals surface area contributed by atoms with Crippen molar-refractivity contribution < 1.29 is 13.6 Å². The highest BCUT2D eigenvalue weighted by Crippen LogP contribution is 2.29. The number of carbonyl (C=O) groups is 1. The number of aromatic nitrogens is 2. The summed E-state index contributed by atoms with van der Waals surface area (Å²) >= 11 is 2.69. The van der Waals surface area contributed by atoms with E-state index in [1.54, 1.807) is 18.3 Å². The van der Waals surface area contributed by atoms with Gasteiger partial charge < -0.3 is 4.42 Å². The number of carbonyl (C=O) groups excluding carboxylic acids is 1. The number of nitrogens with one attached hydrogen (secondary N) is 1. The van der Waals surface area contributed by atoms with Crippen LogP contribution in [0.25, 0.3) is 21.7 Å². The molecule has 25 heavy (non-hydrogen) atoms. The molecule has 1 amide bonds. The summed E-state index contributed by atoms with van der Waals surface area (Å²) in [7, 11) is 0. The van der Waals surface area contributed by atoms with Gasteiger partial charge in [0.2, 0.25) is 5.13 Å². The Kier molecular flexibility index (Phi) is 3.85. The largest absolute Gasteiger partial charge is 0.451 e. The third kappa shape index (κ3) is 2.94. The summed E-state index contributed by atoms with van der Waals surface area (Å²) in [5, 5.41) is 3.66. The summed E-state index contributed by atoms with van der Waals surface area (Å²) in [5.41, 5.74) is 1.06. The lowest BCUT2D eigenvalue weighted by Crippen LogP contribution is -2.11. The summed E-state index contributed by atoms with van der Waals surface area (Å²) in [6.45, 7) is 3.73. The van der Waals surface area contributed by atoms with Crippen molar-refractivity contribution >= 4 is 44.9 Å². The Morgan fingerprint density at radius 2 is 2.08 bits per heavy atom. The molecular weight excluding hydrogens is 361 g/mol. The fourth-order valence-electron chi connectivity index (χ4n) is 2.49. The van der Waals surface area contributed by atoms with Gasteiger partial charge in [0.15, 0.2) is 11.6 Å². The topological polar surface area (TPSA) is 68.0 Å². The van der Waals surface area contributed by atoms with E-state index in [9.17, 15) is 9.18 Å². The van der Waals surface area contributed by atoms with Gasteiger partial charge in [-0.3, -0.25) is 10.1 Å². The van der Waals surface area contributed by atoms with Crippen molar-refractivity contribution in [2.24, 2.45) is 0 Å². The summed E-state index contributed by atoms with van der Waals surface area (Å²) < 4.78 is 23.2. The van der Waals surface area contributed by atoms with Gasteiger partial charge in [0.25, 0.3) is 5.91 Å². The second-order valence-electron chi connectivity index (χ2n) is 5.48. The van der Waals surface area contributed by atoms with E-state index in [2.05, 4.69) is 14.7 Å². The maximum atomic E-state index is 13.4. The lowest BCUT2D eigenvalue weighted by molar-refractivity contribution is 0.0998. The first-order chi connectivity index (χ1) is 12.0. The molecule has 0 bridgehead atoms. The summed E-state index contributed by atoms with van der Waals surface area (Å²) in [6, 6.07) is 8.11. The van der Waals surface area contributed by atoms with Crippen molar-refractivity contribution in [2.75, 3.05) is 5.32 Å². The van der Waals surface area contributed by atoms with E-state index in [1.165, 1.54) is 23.1 Å². The van der Waals surface area contributed by atoms with Crippen LogP contribution in [-0.2, 0) is 0 Å². The Hall–Kier alpha value is -2.58. The van der Waals surface area contributed by atoms with Crippen LogP contribution >= 0.6 is 22.9 Å². The van der Waals surface area contributed by atoms with E-state index in [-0.39, 0.29) is 11.6 Å². The Bertz CT molecular complexity index is 1100. The van der Waals surface area contributed by atoms with Crippen molar-refractivity contribution in [2.45, 2.75) is 13.8 Å². The van der Waals surface area contributed by atoms with Crippen molar-refractivity contribution in [1.82, 2.24) is 9.36 Å². The summed E-state index contributed by atoms with van der Waals surface area (Å²) in [4.78, 5) is 18.9. The minimum Gasteiger partial charge on any atom is -0.451 e. The molecule has 3 aromatic heterocycles. The van der Waals surface area contributed by atoms with Gasteiger partial charge in [-0.15, -0.1) is 11.3 Å². The number of furan rings is 1. The minimum atomic E-state index is -0.431. The van der Waals surface area contributed by atoms with Crippen LogP contribution in [-0.4, -0.2) is 15.3 Å². The number of hydrogen-bond donors (Lipinski definition) is 1. The molecule has 4 rings (SSSR count). The number of benzene rings is 1. The summed E-state index contributed by atoms with van der Waals surface area (Å²) in [5.74, 6) is -0.0753. The number of aryl methyl sites for hydroxylation is 2. The number of nitrogens with zero attached hydrogens (tertiary/aromatic N) is 2. The monoisotopic (exact) mass is 373 g/mol.